The molecule has 0 bridgehead atoms. The molecule has 4 rings (SSSR count). The summed E-state index contributed by atoms with van der Waals surface area (Å²) in [4.78, 5) is 39.0. The molecule has 0 aromatic heterocycles. The molecule has 2 aromatic rings. The minimum Gasteiger partial charge on any atom is -0.465 e. The first-order valence-electron chi connectivity index (χ1n) is 12.1. The quantitative estimate of drug-likeness (QED) is 0.463. The fourth-order valence-electron chi connectivity index (χ4n) is 5.72. The van der Waals surface area contributed by atoms with Gasteiger partial charge in [-0.05, 0) is 48.1 Å². The Morgan fingerprint density at radius 3 is 2.29 bits per heavy atom. The molecule has 0 saturated carbocycles. The van der Waals surface area contributed by atoms with E-state index >= 15 is 0 Å². The van der Waals surface area contributed by atoms with Crippen LogP contribution in [0.1, 0.15) is 46.7 Å². The molecule has 1 unspecified atom stereocenters. The predicted molar refractivity (Wildman–Crippen MR) is 128 cm³/mol. The van der Waals surface area contributed by atoms with E-state index in [-0.39, 0.29) is 49.7 Å². The maximum atomic E-state index is 14.6. The average Bonchev–Trinajstić information content (AvgIpc) is 2.89. The fourth-order valence-corrected chi connectivity index (χ4v) is 5.72. The van der Waals surface area contributed by atoms with Crippen LogP contribution in [-0.4, -0.2) is 62.7 Å². The summed E-state index contributed by atoms with van der Waals surface area (Å²) in [7, 11) is 1.90. The number of alkyl halides is 3. The van der Waals surface area contributed by atoms with Gasteiger partial charge >= 0.3 is 12.1 Å². The van der Waals surface area contributed by atoms with E-state index in [1.807, 2.05) is 0 Å². The second-order valence-corrected chi connectivity index (χ2v) is 9.70. The maximum Gasteiger partial charge on any atom is 0.430 e. The Labute approximate surface area is 217 Å². The molecule has 1 N–H and O–H groups in total. The average molecular weight is 537 g/mol. The number of benzene rings is 2. The number of nitrogens with one attached hydrogen (secondary N) is 1. The molecule has 38 heavy (non-hydrogen) atoms. The van der Waals surface area contributed by atoms with E-state index in [1.54, 1.807) is 12.1 Å². The number of hydrogen-bond donors (Lipinski definition) is 1. The van der Waals surface area contributed by atoms with Gasteiger partial charge in [-0.15, -0.1) is 0 Å². The maximum absolute atomic E-state index is 14.6. The van der Waals surface area contributed by atoms with Crippen molar-refractivity contribution in [1.29, 1.82) is 0 Å². The Kier molecular flexibility index (Phi) is 7.51. The monoisotopic (exact) mass is 536 g/mol. The molecule has 2 saturated heterocycles. The molecule has 1 spiro atoms. The van der Waals surface area contributed by atoms with Crippen molar-refractivity contribution in [3.8, 4) is 0 Å². The lowest BCUT2D eigenvalue weighted by atomic mass is 9.62. The first-order chi connectivity index (χ1) is 18.0. The van der Waals surface area contributed by atoms with Crippen molar-refractivity contribution >= 4 is 17.8 Å². The van der Waals surface area contributed by atoms with Crippen LogP contribution in [0.2, 0.25) is 0 Å². The summed E-state index contributed by atoms with van der Waals surface area (Å²) in [5.74, 6) is -2.92. The summed E-state index contributed by atoms with van der Waals surface area (Å²) >= 11 is 0. The highest BCUT2D eigenvalue weighted by molar-refractivity contribution is 5.92. The standard InChI is InChI=1S/C27H28F4N2O5/c1-37-23(35)18-4-3-5-19(14-18)26(38-2,27(29,30)31)24(36)33-12-10-25(11-13-33)15-22(34)32-16-21(25)17-6-8-20(28)9-7-17/h3-9,14,21H,10-13,15-16H2,1-2H3,(H,32,34)/t21-,26?/m0/s1. The number of carbonyl (C=O) groups excluding carboxylic acids is 3. The number of ether oxygens (including phenoxy) is 2. The number of nitrogens with zero attached hydrogens (tertiary/aromatic N) is 1. The van der Waals surface area contributed by atoms with Gasteiger partial charge in [0.05, 0.1) is 12.7 Å². The number of methoxy groups -OCH3 is 2. The van der Waals surface area contributed by atoms with E-state index in [0.29, 0.717) is 6.54 Å². The number of esters is 1. The van der Waals surface area contributed by atoms with Gasteiger partial charge in [0.2, 0.25) is 5.91 Å². The highest BCUT2D eigenvalue weighted by atomic mass is 19.4. The van der Waals surface area contributed by atoms with E-state index in [9.17, 15) is 31.9 Å². The van der Waals surface area contributed by atoms with Crippen molar-refractivity contribution < 1.29 is 41.4 Å². The molecule has 7 nitrogen and oxygen atoms in total. The van der Waals surface area contributed by atoms with Crippen LogP contribution < -0.4 is 5.32 Å². The van der Waals surface area contributed by atoms with E-state index in [1.165, 1.54) is 24.3 Å². The summed E-state index contributed by atoms with van der Waals surface area (Å²) in [5, 5.41) is 2.82. The van der Waals surface area contributed by atoms with Crippen LogP contribution in [0, 0.1) is 11.2 Å². The third-order valence-electron chi connectivity index (χ3n) is 7.77. The zero-order chi connectivity index (χ0) is 27.7. The lowest BCUT2D eigenvalue weighted by Gasteiger charge is -2.50. The minimum atomic E-state index is -5.15. The molecule has 0 radical (unpaired) electrons. The fraction of sp³-hybridized carbons (Fsp3) is 0.444. The third kappa shape index (κ3) is 4.75. The summed E-state index contributed by atoms with van der Waals surface area (Å²) in [6.07, 6.45) is -4.46. The molecular weight excluding hydrogens is 508 g/mol. The van der Waals surface area contributed by atoms with Gasteiger partial charge in [0, 0.05) is 44.6 Å². The summed E-state index contributed by atoms with van der Waals surface area (Å²) in [6.45, 7) is 0.229. The Bertz CT molecular complexity index is 1210. The van der Waals surface area contributed by atoms with Gasteiger partial charge in [0.1, 0.15) is 5.82 Å². The highest BCUT2D eigenvalue weighted by Gasteiger charge is 2.64. The van der Waals surface area contributed by atoms with Gasteiger partial charge in [-0.1, -0.05) is 24.3 Å². The lowest BCUT2D eigenvalue weighted by Crippen LogP contribution is -2.60. The molecule has 2 atom stereocenters. The molecule has 11 heteroatoms. The molecule has 2 aromatic carbocycles. The SMILES string of the molecule is COC(=O)c1cccc(C(OC)(C(=O)N2CCC3(CC2)CC(=O)NC[C@H]3c2ccc(F)cc2)C(F)(F)F)c1. The van der Waals surface area contributed by atoms with Crippen molar-refractivity contribution in [3.05, 3.63) is 71.0 Å². The molecule has 0 aliphatic carbocycles. The number of carbonyl (C=O) groups is 3. The van der Waals surface area contributed by atoms with Crippen molar-refractivity contribution in [2.24, 2.45) is 5.41 Å². The predicted octanol–water partition coefficient (Wildman–Crippen LogP) is 3.93. The van der Waals surface area contributed by atoms with Crippen molar-refractivity contribution in [3.63, 3.8) is 0 Å². The minimum absolute atomic E-state index is 0.0400. The Morgan fingerprint density at radius 1 is 1.05 bits per heavy atom. The largest absolute Gasteiger partial charge is 0.465 e. The number of hydrogen-bond acceptors (Lipinski definition) is 5. The number of piperidine rings is 2. The number of likely N-dealkylation sites (tertiary alicyclic amines) is 1. The van der Waals surface area contributed by atoms with Crippen molar-refractivity contribution in [1.82, 2.24) is 10.2 Å². The number of halogens is 4. The van der Waals surface area contributed by atoms with Crippen molar-refractivity contribution in [2.75, 3.05) is 33.9 Å². The zero-order valence-corrected chi connectivity index (χ0v) is 20.9. The third-order valence-corrected chi connectivity index (χ3v) is 7.77. The summed E-state index contributed by atoms with van der Waals surface area (Å²) in [6, 6.07) is 10.5. The van der Waals surface area contributed by atoms with Gasteiger partial charge in [-0.25, -0.2) is 9.18 Å². The molecule has 2 fully saturated rings. The van der Waals surface area contributed by atoms with Crippen molar-refractivity contribution in [2.45, 2.75) is 37.0 Å². The van der Waals surface area contributed by atoms with E-state index in [2.05, 4.69) is 10.1 Å². The number of rotatable bonds is 5. The van der Waals surface area contributed by atoms with Gasteiger partial charge in [0.15, 0.2) is 0 Å². The molecular formula is C27H28F4N2O5. The van der Waals surface area contributed by atoms with Crippen LogP contribution in [-0.2, 0) is 24.7 Å². The Balaban J connectivity index is 1.65. The molecule has 204 valence electrons. The molecule has 2 aliphatic heterocycles. The first kappa shape index (κ1) is 27.6. The molecule has 2 amide bonds. The van der Waals surface area contributed by atoms with Crippen LogP contribution in [0.15, 0.2) is 48.5 Å². The summed E-state index contributed by atoms with van der Waals surface area (Å²) in [5.41, 5.74) is -3.83. The second kappa shape index (κ2) is 10.4. The highest BCUT2D eigenvalue weighted by Crippen LogP contribution is 2.50. The van der Waals surface area contributed by atoms with Crippen LogP contribution in [0.4, 0.5) is 17.6 Å². The topological polar surface area (TPSA) is 84.9 Å². The smallest absolute Gasteiger partial charge is 0.430 e. The van der Waals surface area contributed by atoms with Gasteiger partial charge in [0.25, 0.3) is 11.5 Å². The molecule has 2 aliphatic rings. The number of amides is 2. The zero-order valence-electron chi connectivity index (χ0n) is 20.9. The Morgan fingerprint density at radius 2 is 1.71 bits per heavy atom. The van der Waals surface area contributed by atoms with Crippen LogP contribution >= 0.6 is 0 Å². The van der Waals surface area contributed by atoms with Gasteiger partial charge in [-0.2, -0.15) is 13.2 Å². The first-order valence-corrected chi connectivity index (χ1v) is 12.1. The van der Waals surface area contributed by atoms with E-state index < -0.39 is 40.4 Å². The second-order valence-electron chi connectivity index (χ2n) is 9.70. The molecule has 2 heterocycles. The Hall–Kier alpha value is -3.47. The lowest BCUT2D eigenvalue weighted by molar-refractivity contribution is -0.271. The van der Waals surface area contributed by atoms with Crippen LogP contribution in [0.5, 0.6) is 0 Å². The van der Waals surface area contributed by atoms with E-state index in [4.69, 9.17) is 4.74 Å². The van der Waals surface area contributed by atoms with E-state index in [0.717, 1.165) is 36.8 Å². The van der Waals surface area contributed by atoms with Gasteiger partial charge in [-0.3, -0.25) is 9.59 Å². The van der Waals surface area contributed by atoms with Crippen LogP contribution in [0.25, 0.3) is 0 Å². The van der Waals surface area contributed by atoms with Gasteiger partial charge < -0.3 is 19.7 Å². The normalized spacial score (nSPS) is 20.9. The van der Waals surface area contributed by atoms with Crippen LogP contribution in [0.3, 0.4) is 0 Å². The summed E-state index contributed by atoms with van der Waals surface area (Å²) < 4.78 is 67.0.